The van der Waals surface area contributed by atoms with Crippen LogP contribution in [-0.4, -0.2) is 86.8 Å². The fourth-order valence-electron chi connectivity index (χ4n) is 3.15. The average molecular weight is 557 g/mol. The SMILES string of the molecule is CCNC(=NCCNC(=O)c1cccc(OC)c1)N1CCN(C(C)C(F)(F)F)CC1.I. The second kappa shape index (κ2) is 12.9. The van der Waals surface area contributed by atoms with Crippen LogP contribution in [0.5, 0.6) is 5.75 Å². The molecule has 1 heterocycles. The molecular formula is C20H31F3IN5O2. The molecule has 0 aliphatic carbocycles. The number of methoxy groups -OCH3 is 1. The first kappa shape index (κ1) is 27.3. The number of benzene rings is 1. The second-order valence-corrected chi connectivity index (χ2v) is 6.96. The van der Waals surface area contributed by atoms with Gasteiger partial charge in [-0.1, -0.05) is 6.07 Å². The fourth-order valence-corrected chi connectivity index (χ4v) is 3.15. The molecule has 0 aromatic heterocycles. The zero-order chi connectivity index (χ0) is 22.1. The Labute approximate surface area is 198 Å². The van der Waals surface area contributed by atoms with Gasteiger partial charge in [-0.2, -0.15) is 13.2 Å². The van der Waals surface area contributed by atoms with Gasteiger partial charge < -0.3 is 20.3 Å². The molecule has 1 unspecified atom stereocenters. The quantitative estimate of drug-likeness (QED) is 0.234. The van der Waals surface area contributed by atoms with Gasteiger partial charge in [-0.15, -0.1) is 24.0 Å². The van der Waals surface area contributed by atoms with Crippen LogP contribution in [0.15, 0.2) is 29.3 Å². The van der Waals surface area contributed by atoms with Crippen molar-refractivity contribution >= 4 is 35.8 Å². The minimum atomic E-state index is -4.22. The Morgan fingerprint density at radius 2 is 1.90 bits per heavy atom. The molecular weight excluding hydrogens is 526 g/mol. The van der Waals surface area contributed by atoms with Crippen LogP contribution in [0.1, 0.15) is 24.2 Å². The highest BCUT2D eigenvalue weighted by Gasteiger charge is 2.41. The summed E-state index contributed by atoms with van der Waals surface area (Å²) in [6.45, 7) is 6.03. The van der Waals surface area contributed by atoms with E-state index >= 15 is 0 Å². The fraction of sp³-hybridized carbons (Fsp3) is 0.600. The molecule has 1 aliphatic heterocycles. The first-order chi connectivity index (χ1) is 14.3. The highest BCUT2D eigenvalue weighted by atomic mass is 127. The minimum Gasteiger partial charge on any atom is -0.497 e. The van der Waals surface area contributed by atoms with Crippen molar-refractivity contribution in [2.75, 3.05) is 52.9 Å². The number of nitrogens with zero attached hydrogens (tertiary/aromatic N) is 3. The Morgan fingerprint density at radius 1 is 1.23 bits per heavy atom. The summed E-state index contributed by atoms with van der Waals surface area (Å²) < 4.78 is 43.9. The van der Waals surface area contributed by atoms with Crippen LogP contribution in [-0.2, 0) is 0 Å². The maximum Gasteiger partial charge on any atom is 0.403 e. The lowest BCUT2D eigenvalue weighted by molar-refractivity contribution is -0.181. The van der Waals surface area contributed by atoms with Crippen LogP contribution < -0.4 is 15.4 Å². The maximum absolute atomic E-state index is 12.9. The third-order valence-electron chi connectivity index (χ3n) is 4.96. The summed E-state index contributed by atoms with van der Waals surface area (Å²) in [4.78, 5) is 20.1. The molecule has 176 valence electrons. The van der Waals surface area contributed by atoms with E-state index in [0.717, 1.165) is 0 Å². The highest BCUT2D eigenvalue weighted by molar-refractivity contribution is 14.0. The number of ether oxygens (including phenoxy) is 1. The minimum absolute atomic E-state index is 0. The number of amides is 1. The molecule has 1 fully saturated rings. The van der Waals surface area contributed by atoms with E-state index < -0.39 is 12.2 Å². The summed E-state index contributed by atoms with van der Waals surface area (Å²) >= 11 is 0. The van der Waals surface area contributed by atoms with Crippen LogP contribution in [0.3, 0.4) is 0 Å². The summed E-state index contributed by atoms with van der Waals surface area (Å²) in [5, 5.41) is 5.98. The molecule has 0 bridgehead atoms. The van der Waals surface area contributed by atoms with Gasteiger partial charge in [0.15, 0.2) is 5.96 Å². The third kappa shape index (κ3) is 8.36. The molecule has 2 rings (SSSR count). The molecule has 11 heteroatoms. The zero-order valence-electron chi connectivity index (χ0n) is 18.0. The number of aliphatic imine (C=N–C) groups is 1. The average Bonchev–Trinajstić information content (AvgIpc) is 2.74. The molecule has 1 aliphatic rings. The van der Waals surface area contributed by atoms with Crippen LogP contribution >= 0.6 is 24.0 Å². The molecule has 31 heavy (non-hydrogen) atoms. The number of piperazine rings is 1. The lowest BCUT2D eigenvalue weighted by atomic mass is 10.2. The number of alkyl halides is 3. The molecule has 1 atom stereocenters. The number of rotatable bonds is 7. The Morgan fingerprint density at radius 3 is 2.48 bits per heavy atom. The van der Waals surface area contributed by atoms with Crippen LogP contribution in [0.4, 0.5) is 13.2 Å². The molecule has 0 spiro atoms. The monoisotopic (exact) mass is 557 g/mol. The van der Waals surface area contributed by atoms with Gasteiger partial charge in [-0.3, -0.25) is 14.7 Å². The molecule has 1 aromatic rings. The van der Waals surface area contributed by atoms with E-state index in [1.54, 1.807) is 24.3 Å². The van der Waals surface area contributed by atoms with Gasteiger partial charge in [-0.05, 0) is 32.0 Å². The van der Waals surface area contributed by atoms with Crippen LogP contribution in [0.2, 0.25) is 0 Å². The Hall–Kier alpha value is -1.76. The van der Waals surface area contributed by atoms with Crippen molar-refractivity contribution < 1.29 is 22.7 Å². The van der Waals surface area contributed by atoms with Crippen molar-refractivity contribution in [2.45, 2.75) is 26.1 Å². The third-order valence-corrected chi connectivity index (χ3v) is 4.96. The predicted molar refractivity (Wildman–Crippen MR) is 125 cm³/mol. The number of guanidine groups is 1. The van der Waals surface area contributed by atoms with Gasteiger partial charge in [0.25, 0.3) is 5.91 Å². The predicted octanol–water partition coefficient (Wildman–Crippen LogP) is 2.58. The maximum atomic E-state index is 12.9. The van der Waals surface area contributed by atoms with Crippen molar-refractivity contribution in [3.8, 4) is 5.75 Å². The lowest BCUT2D eigenvalue weighted by Gasteiger charge is -2.39. The van der Waals surface area contributed by atoms with Gasteiger partial charge in [0.05, 0.1) is 13.7 Å². The largest absolute Gasteiger partial charge is 0.497 e. The van der Waals surface area contributed by atoms with E-state index in [1.165, 1.54) is 18.9 Å². The van der Waals surface area contributed by atoms with E-state index in [2.05, 4.69) is 15.6 Å². The molecule has 2 N–H and O–H groups in total. The standard InChI is InChI=1S/C20H30F3N5O2.HI/c1-4-24-19(28-12-10-27(11-13-28)15(2)20(21,22)23)26-9-8-25-18(29)16-6-5-7-17(14-16)30-3;/h5-7,14-15H,4,8-13H2,1-3H3,(H,24,26)(H,25,29);1H. The highest BCUT2D eigenvalue weighted by Crippen LogP contribution is 2.25. The summed E-state index contributed by atoms with van der Waals surface area (Å²) in [5.41, 5.74) is 0.500. The van der Waals surface area contributed by atoms with Gasteiger partial charge in [0.1, 0.15) is 11.8 Å². The van der Waals surface area contributed by atoms with Gasteiger partial charge in [0, 0.05) is 44.8 Å². The van der Waals surface area contributed by atoms with E-state index in [1.807, 2.05) is 11.8 Å². The van der Waals surface area contributed by atoms with E-state index in [0.29, 0.717) is 63.1 Å². The topological polar surface area (TPSA) is 69.2 Å². The summed E-state index contributed by atoms with van der Waals surface area (Å²) in [5.74, 6) is 1.03. The van der Waals surface area contributed by atoms with Gasteiger partial charge in [-0.25, -0.2) is 0 Å². The number of nitrogens with one attached hydrogen (secondary N) is 2. The van der Waals surface area contributed by atoms with Crippen molar-refractivity contribution in [1.29, 1.82) is 0 Å². The summed E-state index contributed by atoms with van der Waals surface area (Å²) in [7, 11) is 1.54. The Balaban J connectivity index is 0.00000480. The number of halogens is 4. The number of hydrogen-bond donors (Lipinski definition) is 2. The van der Waals surface area contributed by atoms with Crippen LogP contribution in [0.25, 0.3) is 0 Å². The van der Waals surface area contributed by atoms with E-state index in [9.17, 15) is 18.0 Å². The zero-order valence-corrected chi connectivity index (χ0v) is 20.4. The lowest BCUT2D eigenvalue weighted by Crippen LogP contribution is -2.56. The molecule has 1 aromatic carbocycles. The van der Waals surface area contributed by atoms with Crippen LogP contribution in [0, 0.1) is 0 Å². The van der Waals surface area contributed by atoms with E-state index in [-0.39, 0.29) is 29.9 Å². The smallest absolute Gasteiger partial charge is 0.403 e. The van der Waals surface area contributed by atoms with Crippen molar-refractivity contribution in [2.24, 2.45) is 4.99 Å². The van der Waals surface area contributed by atoms with Gasteiger partial charge >= 0.3 is 6.18 Å². The van der Waals surface area contributed by atoms with Crippen molar-refractivity contribution in [3.63, 3.8) is 0 Å². The molecule has 7 nitrogen and oxygen atoms in total. The first-order valence-corrected chi connectivity index (χ1v) is 10.0. The number of carbonyl (C=O) groups is 1. The van der Waals surface area contributed by atoms with Crippen molar-refractivity contribution in [3.05, 3.63) is 29.8 Å². The molecule has 0 radical (unpaired) electrons. The number of carbonyl (C=O) groups excluding carboxylic acids is 1. The van der Waals surface area contributed by atoms with E-state index in [4.69, 9.17) is 4.74 Å². The second-order valence-electron chi connectivity index (χ2n) is 6.96. The summed E-state index contributed by atoms with van der Waals surface area (Å²) in [6, 6.07) is 5.41. The molecule has 1 saturated heterocycles. The van der Waals surface area contributed by atoms with Crippen molar-refractivity contribution in [1.82, 2.24) is 20.4 Å². The number of hydrogen-bond acceptors (Lipinski definition) is 4. The molecule has 0 saturated carbocycles. The van der Waals surface area contributed by atoms with Gasteiger partial charge in [0.2, 0.25) is 0 Å². The molecule has 1 amide bonds. The first-order valence-electron chi connectivity index (χ1n) is 10.0. The Bertz CT molecular complexity index is 725. The Kier molecular flexibility index (Phi) is 11.4. The summed E-state index contributed by atoms with van der Waals surface area (Å²) in [6.07, 6.45) is -4.22. The normalized spacial score (nSPS) is 16.3.